The molecule has 2 atom stereocenters. The van der Waals surface area contributed by atoms with Crippen molar-refractivity contribution in [2.75, 3.05) is 19.6 Å². The van der Waals surface area contributed by atoms with E-state index in [0.29, 0.717) is 43.1 Å². The van der Waals surface area contributed by atoms with Crippen LogP contribution in [-0.4, -0.2) is 40.2 Å². The van der Waals surface area contributed by atoms with Crippen LogP contribution >= 0.6 is 12.4 Å². The second-order valence-electron chi connectivity index (χ2n) is 6.96. The predicted molar refractivity (Wildman–Crippen MR) is 102 cm³/mol. The van der Waals surface area contributed by atoms with Crippen molar-refractivity contribution in [1.82, 2.24) is 14.7 Å². The number of nitrogens with two attached hydrogens (primary N) is 1. The fourth-order valence-corrected chi connectivity index (χ4v) is 3.49. The van der Waals surface area contributed by atoms with Crippen LogP contribution in [0.4, 0.5) is 0 Å². The average Bonchev–Trinajstić information content (AvgIpc) is 3.19. The highest BCUT2D eigenvalue weighted by atomic mass is 35.5. The summed E-state index contributed by atoms with van der Waals surface area (Å²) in [4.78, 5) is 14.9. The maximum atomic E-state index is 13.0. The second kappa shape index (κ2) is 8.02. The van der Waals surface area contributed by atoms with Gasteiger partial charge in [-0.05, 0) is 30.0 Å². The lowest BCUT2D eigenvalue weighted by Crippen LogP contribution is -2.31. The third-order valence-electron chi connectivity index (χ3n) is 4.97. The molecule has 2 heterocycles. The molecule has 5 nitrogen and oxygen atoms in total. The Bertz CT molecular complexity index is 713. The first-order valence-corrected chi connectivity index (χ1v) is 8.59. The molecule has 0 aliphatic carbocycles. The Labute approximate surface area is 155 Å². The number of carbonyl (C=O) groups is 1. The van der Waals surface area contributed by atoms with Crippen LogP contribution in [0.15, 0.2) is 36.4 Å². The first-order chi connectivity index (χ1) is 11.5. The van der Waals surface area contributed by atoms with Crippen molar-refractivity contribution in [2.45, 2.75) is 25.7 Å². The number of aryl methyl sites for hydroxylation is 1. The molecule has 1 aliphatic rings. The van der Waals surface area contributed by atoms with Gasteiger partial charge >= 0.3 is 0 Å². The van der Waals surface area contributed by atoms with Crippen LogP contribution in [-0.2, 0) is 7.05 Å². The lowest BCUT2D eigenvalue weighted by atomic mass is 9.89. The molecule has 6 heteroatoms. The van der Waals surface area contributed by atoms with Gasteiger partial charge in [0, 0.05) is 26.1 Å². The fraction of sp³-hybridized carbons (Fsp3) is 0.474. The van der Waals surface area contributed by atoms with E-state index in [9.17, 15) is 4.79 Å². The Morgan fingerprint density at radius 2 is 1.96 bits per heavy atom. The number of rotatable bonds is 4. The number of carbonyl (C=O) groups excluding carboxylic acids is 1. The average molecular weight is 363 g/mol. The largest absolute Gasteiger partial charge is 0.336 e. The van der Waals surface area contributed by atoms with E-state index in [-0.39, 0.29) is 18.3 Å². The summed E-state index contributed by atoms with van der Waals surface area (Å²) in [6.45, 7) is 6.18. The quantitative estimate of drug-likeness (QED) is 0.909. The third kappa shape index (κ3) is 3.88. The Morgan fingerprint density at radius 3 is 2.52 bits per heavy atom. The van der Waals surface area contributed by atoms with Crippen molar-refractivity contribution >= 4 is 18.3 Å². The zero-order valence-electron chi connectivity index (χ0n) is 15.1. The van der Waals surface area contributed by atoms with Gasteiger partial charge in [-0.15, -0.1) is 12.4 Å². The summed E-state index contributed by atoms with van der Waals surface area (Å²) >= 11 is 0. The minimum Gasteiger partial charge on any atom is -0.336 e. The molecule has 1 fully saturated rings. The summed E-state index contributed by atoms with van der Waals surface area (Å²) in [6.07, 6.45) is 0. The molecule has 3 rings (SSSR count). The summed E-state index contributed by atoms with van der Waals surface area (Å²) in [6, 6.07) is 12.3. The summed E-state index contributed by atoms with van der Waals surface area (Å²) in [5.74, 6) is 0.964. The molecule has 1 amide bonds. The van der Waals surface area contributed by atoms with E-state index >= 15 is 0 Å². The van der Waals surface area contributed by atoms with Crippen molar-refractivity contribution in [3.8, 4) is 0 Å². The molecule has 2 aromatic rings. The van der Waals surface area contributed by atoms with Gasteiger partial charge in [0.05, 0.1) is 5.69 Å². The highest BCUT2D eigenvalue weighted by Crippen LogP contribution is 2.33. The van der Waals surface area contributed by atoms with Gasteiger partial charge in [-0.1, -0.05) is 44.2 Å². The van der Waals surface area contributed by atoms with Crippen molar-refractivity contribution in [2.24, 2.45) is 18.7 Å². The molecule has 0 bridgehead atoms. The van der Waals surface area contributed by atoms with Crippen LogP contribution in [0, 0.1) is 5.92 Å². The van der Waals surface area contributed by atoms with Gasteiger partial charge in [-0.3, -0.25) is 9.48 Å². The van der Waals surface area contributed by atoms with E-state index in [4.69, 9.17) is 5.73 Å². The molecular formula is C19H27ClN4O. The van der Waals surface area contributed by atoms with E-state index in [2.05, 4.69) is 31.1 Å². The highest BCUT2D eigenvalue weighted by Gasteiger charge is 2.36. The first-order valence-electron chi connectivity index (χ1n) is 8.59. The lowest BCUT2D eigenvalue weighted by Gasteiger charge is -2.16. The van der Waals surface area contributed by atoms with Gasteiger partial charge in [0.15, 0.2) is 0 Å². The first kappa shape index (κ1) is 19.5. The second-order valence-corrected chi connectivity index (χ2v) is 6.96. The van der Waals surface area contributed by atoms with E-state index in [1.165, 1.54) is 5.56 Å². The lowest BCUT2D eigenvalue weighted by molar-refractivity contribution is 0.0775. The maximum Gasteiger partial charge on any atom is 0.272 e. The molecule has 2 N–H and O–H groups in total. The van der Waals surface area contributed by atoms with E-state index in [1.807, 2.05) is 36.2 Å². The highest BCUT2D eigenvalue weighted by molar-refractivity contribution is 5.93. The number of halogens is 1. The fourth-order valence-electron chi connectivity index (χ4n) is 3.49. The SMILES string of the molecule is CC(C)c1cc(C(=O)N2C[C@@H](CN)[C@H](c3ccccc3)C2)n(C)n1.Cl. The van der Waals surface area contributed by atoms with Crippen molar-refractivity contribution < 1.29 is 4.79 Å². The van der Waals surface area contributed by atoms with E-state index < -0.39 is 0 Å². The van der Waals surface area contributed by atoms with Crippen LogP contribution in [0.3, 0.4) is 0 Å². The molecule has 1 aliphatic heterocycles. The number of nitrogens with zero attached hydrogens (tertiary/aromatic N) is 3. The predicted octanol–water partition coefficient (Wildman–Crippen LogP) is 2.78. The Kier molecular flexibility index (Phi) is 6.25. The third-order valence-corrected chi connectivity index (χ3v) is 4.97. The van der Waals surface area contributed by atoms with Gasteiger partial charge in [0.25, 0.3) is 5.91 Å². The van der Waals surface area contributed by atoms with Gasteiger partial charge < -0.3 is 10.6 Å². The minimum absolute atomic E-state index is 0. The van der Waals surface area contributed by atoms with Crippen molar-refractivity contribution in [3.05, 3.63) is 53.3 Å². The van der Waals surface area contributed by atoms with Gasteiger partial charge in [0.2, 0.25) is 0 Å². The topological polar surface area (TPSA) is 64.2 Å². The molecule has 1 saturated heterocycles. The molecule has 0 unspecified atom stereocenters. The number of aromatic nitrogens is 2. The molecular weight excluding hydrogens is 336 g/mol. The van der Waals surface area contributed by atoms with Gasteiger partial charge in [-0.25, -0.2) is 0 Å². The number of benzene rings is 1. The summed E-state index contributed by atoms with van der Waals surface area (Å²) in [5.41, 5.74) is 8.85. The zero-order chi connectivity index (χ0) is 17.3. The molecule has 136 valence electrons. The Balaban J connectivity index is 0.00000225. The van der Waals surface area contributed by atoms with E-state index in [0.717, 1.165) is 5.69 Å². The van der Waals surface area contributed by atoms with Crippen molar-refractivity contribution in [3.63, 3.8) is 0 Å². The zero-order valence-corrected chi connectivity index (χ0v) is 15.9. The molecule has 0 saturated carbocycles. The van der Waals surface area contributed by atoms with Crippen molar-refractivity contribution in [1.29, 1.82) is 0 Å². The standard InChI is InChI=1S/C19H26N4O.ClH/c1-13(2)17-9-18(22(3)21-17)19(24)23-11-15(10-20)16(12-23)14-7-5-4-6-8-14;/h4-9,13,15-16H,10-12,20H2,1-3H3;1H/t15-,16+;/m1./s1. The van der Waals surface area contributed by atoms with Crippen LogP contribution in [0.25, 0.3) is 0 Å². The number of hydrogen-bond donors (Lipinski definition) is 1. The number of likely N-dealkylation sites (tertiary alicyclic amines) is 1. The number of amides is 1. The monoisotopic (exact) mass is 362 g/mol. The molecule has 1 aromatic heterocycles. The maximum absolute atomic E-state index is 13.0. The normalized spacial score (nSPS) is 20.0. The Morgan fingerprint density at radius 1 is 1.28 bits per heavy atom. The molecule has 1 aromatic carbocycles. The Hall–Kier alpha value is -1.85. The smallest absolute Gasteiger partial charge is 0.272 e. The molecule has 0 radical (unpaired) electrons. The summed E-state index contributed by atoms with van der Waals surface area (Å²) < 4.78 is 1.70. The number of hydrogen-bond acceptors (Lipinski definition) is 3. The molecule has 0 spiro atoms. The molecule has 25 heavy (non-hydrogen) atoms. The van der Waals surface area contributed by atoms with Crippen LogP contribution in [0.5, 0.6) is 0 Å². The minimum atomic E-state index is 0. The van der Waals surface area contributed by atoms with Crippen LogP contribution < -0.4 is 5.73 Å². The summed E-state index contributed by atoms with van der Waals surface area (Å²) in [5, 5.41) is 4.46. The van der Waals surface area contributed by atoms with Gasteiger partial charge in [0.1, 0.15) is 5.69 Å². The van der Waals surface area contributed by atoms with Crippen LogP contribution in [0.2, 0.25) is 0 Å². The van der Waals surface area contributed by atoms with Gasteiger partial charge in [-0.2, -0.15) is 5.10 Å². The van der Waals surface area contributed by atoms with Crippen LogP contribution in [0.1, 0.15) is 47.4 Å². The summed E-state index contributed by atoms with van der Waals surface area (Å²) in [7, 11) is 1.84. The van der Waals surface area contributed by atoms with E-state index in [1.54, 1.807) is 4.68 Å².